The summed E-state index contributed by atoms with van der Waals surface area (Å²) in [6.45, 7) is 0.705. The molecule has 0 aliphatic carbocycles. The van der Waals surface area contributed by atoms with Crippen molar-refractivity contribution in [3.05, 3.63) is 0 Å². The highest BCUT2D eigenvalue weighted by atomic mass is 79.9. The van der Waals surface area contributed by atoms with Crippen LogP contribution in [-0.2, 0) is 10.0 Å². The standard InChI is InChI=1S/C7H14BrNO2S/c1-12(10,11)9-6-2-3-7(9)4-5-8/h7H,2-6H2,1H3. The predicted octanol–water partition coefficient (Wildman–Crippen LogP) is 1.20. The molecule has 0 aromatic rings. The number of rotatable bonds is 3. The van der Waals surface area contributed by atoms with Gasteiger partial charge in [-0.3, -0.25) is 0 Å². The highest BCUT2D eigenvalue weighted by Crippen LogP contribution is 2.23. The summed E-state index contributed by atoms with van der Waals surface area (Å²) < 4.78 is 24.1. The smallest absolute Gasteiger partial charge is 0.211 e. The van der Waals surface area contributed by atoms with Gasteiger partial charge < -0.3 is 0 Å². The van der Waals surface area contributed by atoms with E-state index in [1.54, 1.807) is 4.31 Å². The second kappa shape index (κ2) is 4.07. The number of alkyl halides is 1. The fourth-order valence-electron chi connectivity index (χ4n) is 1.66. The molecule has 0 aromatic carbocycles. The van der Waals surface area contributed by atoms with E-state index < -0.39 is 10.0 Å². The molecule has 1 fully saturated rings. The van der Waals surface area contributed by atoms with Crippen LogP contribution in [0, 0.1) is 0 Å². The van der Waals surface area contributed by atoms with Crippen LogP contribution in [0.1, 0.15) is 19.3 Å². The Balaban J connectivity index is 2.64. The van der Waals surface area contributed by atoms with E-state index in [-0.39, 0.29) is 6.04 Å². The molecule has 1 rings (SSSR count). The van der Waals surface area contributed by atoms with Gasteiger partial charge in [0.1, 0.15) is 0 Å². The van der Waals surface area contributed by atoms with Gasteiger partial charge in [-0.1, -0.05) is 15.9 Å². The molecule has 0 radical (unpaired) electrons. The molecular weight excluding hydrogens is 242 g/mol. The van der Waals surface area contributed by atoms with Crippen molar-refractivity contribution in [3.8, 4) is 0 Å². The van der Waals surface area contributed by atoms with Crippen LogP contribution in [0.5, 0.6) is 0 Å². The molecular formula is C7H14BrNO2S. The molecule has 1 atom stereocenters. The van der Waals surface area contributed by atoms with Crippen LogP contribution in [-0.4, -0.2) is 36.9 Å². The number of nitrogens with zero attached hydrogens (tertiary/aromatic N) is 1. The first-order valence-corrected chi connectivity index (χ1v) is 7.05. The molecule has 0 aromatic heterocycles. The molecule has 72 valence electrons. The van der Waals surface area contributed by atoms with Crippen molar-refractivity contribution in [2.45, 2.75) is 25.3 Å². The van der Waals surface area contributed by atoms with Crippen LogP contribution in [0.25, 0.3) is 0 Å². The first-order valence-electron chi connectivity index (χ1n) is 4.08. The fourth-order valence-corrected chi connectivity index (χ4v) is 3.40. The van der Waals surface area contributed by atoms with E-state index in [9.17, 15) is 8.42 Å². The van der Waals surface area contributed by atoms with Crippen LogP contribution in [0.15, 0.2) is 0 Å². The summed E-state index contributed by atoms with van der Waals surface area (Å²) in [7, 11) is -2.96. The van der Waals surface area contributed by atoms with Crippen LogP contribution in [0.3, 0.4) is 0 Å². The average molecular weight is 256 g/mol. The summed E-state index contributed by atoms with van der Waals surface area (Å²) in [6.07, 6.45) is 4.23. The summed E-state index contributed by atoms with van der Waals surface area (Å²) in [6, 6.07) is 0.236. The van der Waals surface area contributed by atoms with E-state index >= 15 is 0 Å². The number of sulfonamides is 1. The van der Waals surface area contributed by atoms with Gasteiger partial charge >= 0.3 is 0 Å². The quantitative estimate of drug-likeness (QED) is 0.711. The largest absolute Gasteiger partial charge is 0.212 e. The van der Waals surface area contributed by atoms with Crippen LogP contribution < -0.4 is 0 Å². The van der Waals surface area contributed by atoms with Crippen molar-refractivity contribution < 1.29 is 8.42 Å². The third-order valence-electron chi connectivity index (χ3n) is 2.19. The van der Waals surface area contributed by atoms with Gasteiger partial charge in [0.25, 0.3) is 0 Å². The van der Waals surface area contributed by atoms with Gasteiger partial charge in [-0.15, -0.1) is 0 Å². The summed E-state index contributed by atoms with van der Waals surface area (Å²) >= 11 is 3.33. The van der Waals surface area contributed by atoms with Crippen molar-refractivity contribution in [1.82, 2.24) is 4.31 Å². The van der Waals surface area contributed by atoms with E-state index in [4.69, 9.17) is 0 Å². The van der Waals surface area contributed by atoms with Crippen LogP contribution in [0.4, 0.5) is 0 Å². The summed E-state index contributed by atoms with van der Waals surface area (Å²) in [5.74, 6) is 0. The van der Waals surface area contributed by atoms with Gasteiger partial charge in [-0.05, 0) is 19.3 Å². The van der Waals surface area contributed by atoms with Gasteiger partial charge in [0, 0.05) is 17.9 Å². The minimum atomic E-state index is -2.96. The fraction of sp³-hybridized carbons (Fsp3) is 1.00. The van der Waals surface area contributed by atoms with Gasteiger partial charge in [-0.25, -0.2) is 8.42 Å². The number of hydrogen-bond donors (Lipinski definition) is 0. The zero-order chi connectivity index (χ0) is 9.19. The van der Waals surface area contributed by atoms with E-state index in [0.717, 1.165) is 24.6 Å². The first kappa shape index (κ1) is 10.5. The maximum Gasteiger partial charge on any atom is 0.211 e. The molecule has 3 nitrogen and oxygen atoms in total. The molecule has 0 N–H and O–H groups in total. The van der Waals surface area contributed by atoms with Crippen molar-refractivity contribution in [2.24, 2.45) is 0 Å². The SMILES string of the molecule is CS(=O)(=O)N1CCCC1CCBr. The van der Waals surface area contributed by atoms with E-state index in [1.807, 2.05) is 0 Å². The first-order chi connectivity index (χ1) is 5.55. The monoisotopic (exact) mass is 255 g/mol. The maximum atomic E-state index is 11.2. The molecule has 5 heteroatoms. The second-order valence-corrected chi connectivity index (χ2v) is 5.88. The topological polar surface area (TPSA) is 37.4 Å². The molecule has 0 amide bonds. The molecule has 0 bridgehead atoms. The Morgan fingerprint density at radius 1 is 1.58 bits per heavy atom. The zero-order valence-corrected chi connectivity index (χ0v) is 9.57. The van der Waals surface area contributed by atoms with Crippen molar-refractivity contribution in [2.75, 3.05) is 18.1 Å². The lowest BCUT2D eigenvalue weighted by Crippen LogP contribution is -2.34. The predicted molar refractivity (Wildman–Crippen MR) is 53.0 cm³/mol. The minimum Gasteiger partial charge on any atom is -0.212 e. The van der Waals surface area contributed by atoms with Gasteiger partial charge in [0.05, 0.1) is 6.26 Å². The molecule has 0 spiro atoms. The zero-order valence-electron chi connectivity index (χ0n) is 7.16. The Morgan fingerprint density at radius 2 is 2.25 bits per heavy atom. The molecule has 1 saturated heterocycles. The highest BCUT2D eigenvalue weighted by Gasteiger charge is 2.30. The number of halogens is 1. The lowest BCUT2D eigenvalue weighted by molar-refractivity contribution is 0.385. The van der Waals surface area contributed by atoms with E-state index in [1.165, 1.54) is 6.26 Å². The highest BCUT2D eigenvalue weighted by molar-refractivity contribution is 9.09. The van der Waals surface area contributed by atoms with Crippen molar-refractivity contribution in [3.63, 3.8) is 0 Å². The minimum absolute atomic E-state index is 0.236. The third-order valence-corrected chi connectivity index (χ3v) is 3.98. The molecule has 1 aliphatic rings. The summed E-state index contributed by atoms with van der Waals surface area (Å²) in [4.78, 5) is 0. The van der Waals surface area contributed by atoms with E-state index in [2.05, 4.69) is 15.9 Å². The summed E-state index contributed by atoms with van der Waals surface area (Å²) in [5, 5.41) is 0.879. The van der Waals surface area contributed by atoms with E-state index in [0.29, 0.717) is 6.54 Å². The Morgan fingerprint density at radius 3 is 2.75 bits per heavy atom. The second-order valence-electron chi connectivity index (χ2n) is 3.15. The Kier molecular flexibility index (Phi) is 3.55. The molecule has 1 aliphatic heterocycles. The number of hydrogen-bond acceptors (Lipinski definition) is 2. The summed E-state index contributed by atoms with van der Waals surface area (Å²) in [5.41, 5.74) is 0. The van der Waals surface area contributed by atoms with Gasteiger partial charge in [0.2, 0.25) is 10.0 Å². The Labute approximate surface area is 82.3 Å². The maximum absolute atomic E-state index is 11.2. The van der Waals surface area contributed by atoms with Crippen LogP contribution in [0.2, 0.25) is 0 Å². The Bertz CT molecular complexity index is 240. The average Bonchev–Trinajstić information content (AvgIpc) is 2.34. The normalized spacial score (nSPS) is 26.3. The van der Waals surface area contributed by atoms with Gasteiger partial charge in [0.15, 0.2) is 0 Å². The molecule has 1 unspecified atom stereocenters. The van der Waals surface area contributed by atoms with Crippen LogP contribution >= 0.6 is 15.9 Å². The molecule has 1 heterocycles. The Hall–Kier alpha value is 0.390. The van der Waals surface area contributed by atoms with Gasteiger partial charge in [-0.2, -0.15) is 4.31 Å². The van der Waals surface area contributed by atoms with Crippen molar-refractivity contribution >= 4 is 26.0 Å². The lowest BCUT2D eigenvalue weighted by atomic mass is 10.2. The third kappa shape index (κ3) is 2.44. The lowest BCUT2D eigenvalue weighted by Gasteiger charge is -2.20. The molecule has 12 heavy (non-hydrogen) atoms. The molecule has 0 saturated carbocycles. The van der Waals surface area contributed by atoms with Crippen molar-refractivity contribution in [1.29, 1.82) is 0 Å².